The number of ether oxygens (including phenoxy) is 2. The predicted octanol–water partition coefficient (Wildman–Crippen LogP) is 2.80. The van der Waals surface area contributed by atoms with E-state index < -0.39 is 5.60 Å². The zero-order chi connectivity index (χ0) is 16.6. The van der Waals surface area contributed by atoms with Gasteiger partial charge in [0.15, 0.2) is 0 Å². The summed E-state index contributed by atoms with van der Waals surface area (Å²) in [5.74, 6) is 0.791. The van der Waals surface area contributed by atoms with Gasteiger partial charge in [0, 0.05) is 25.7 Å². The average molecular weight is 302 g/mol. The molecule has 126 valence electrons. The summed E-state index contributed by atoms with van der Waals surface area (Å²) in [6.07, 6.45) is -0.365. The Morgan fingerprint density at radius 2 is 1.57 bits per heavy atom. The molecule has 1 amide bonds. The van der Waals surface area contributed by atoms with Gasteiger partial charge in [-0.1, -0.05) is 27.7 Å². The first-order chi connectivity index (χ1) is 9.56. The summed E-state index contributed by atoms with van der Waals surface area (Å²) in [5.41, 5.74) is -0.477. The highest BCUT2D eigenvalue weighted by Gasteiger charge is 2.22. The van der Waals surface area contributed by atoms with Crippen LogP contribution >= 0.6 is 0 Å². The number of carbonyl (C=O) groups excluding carboxylic acids is 1. The summed E-state index contributed by atoms with van der Waals surface area (Å²) in [6.45, 7) is 15.4. The zero-order valence-corrected chi connectivity index (χ0v) is 14.9. The Hall–Kier alpha value is -0.810. The lowest BCUT2D eigenvalue weighted by Gasteiger charge is -2.29. The van der Waals surface area contributed by atoms with E-state index in [1.54, 1.807) is 7.11 Å². The minimum Gasteiger partial charge on any atom is -0.444 e. The number of methoxy groups -OCH3 is 1. The first-order valence-corrected chi connectivity index (χ1v) is 7.78. The Kier molecular flexibility index (Phi) is 8.90. The van der Waals surface area contributed by atoms with Gasteiger partial charge in [0.2, 0.25) is 0 Å². The largest absolute Gasteiger partial charge is 0.444 e. The molecule has 0 aromatic carbocycles. The fourth-order valence-corrected chi connectivity index (χ4v) is 1.86. The molecule has 5 heteroatoms. The molecule has 0 heterocycles. The summed E-state index contributed by atoms with van der Waals surface area (Å²) >= 11 is 0. The molecule has 0 spiro atoms. The third-order valence-electron chi connectivity index (χ3n) is 3.26. The highest BCUT2D eigenvalue weighted by Crippen LogP contribution is 2.09. The number of carbonyl (C=O) groups is 1. The van der Waals surface area contributed by atoms with Crippen LogP contribution in [0.2, 0.25) is 0 Å². The van der Waals surface area contributed by atoms with Crippen molar-refractivity contribution in [2.24, 2.45) is 11.8 Å². The van der Waals surface area contributed by atoms with Gasteiger partial charge in [-0.2, -0.15) is 0 Å². The SMILES string of the molecule is COCC(NCC(NC(=O)OC(C)(C)C)C(C)C)C(C)C. The molecule has 0 saturated heterocycles. The van der Waals surface area contributed by atoms with Crippen LogP contribution in [0.15, 0.2) is 0 Å². The molecule has 0 bridgehead atoms. The van der Waals surface area contributed by atoms with E-state index in [1.165, 1.54) is 0 Å². The molecule has 0 radical (unpaired) electrons. The molecule has 2 N–H and O–H groups in total. The van der Waals surface area contributed by atoms with Crippen LogP contribution in [0.3, 0.4) is 0 Å². The van der Waals surface area contributed by atoms with Crippen LogP contribution in [-0.4, -0.2) is 44.0 Å². The van der Waals surface area contributed by atoms with Gasteiger partial charge < -0.3 is 20.1 Å². The van der Waals surface area contributed by atoms with Crippen LogP contribution in [-0.2, 0) is 9.47 Å². The maximum Gasteiger partial charge on any atom is 0.407 e. The van der Waals surface area contributed by atoms with E-state index >= 15 is 0 Å². The van der Waals surface area contributed by atoms with Crippen LogP contribution in [0.25, 0.3) is 0 Å². The quantitative estimate of drug-likeness (QED) is 0.724. The standard InChI is InChI=1S/C16H34N2O3/c1-11(2)13(18-15(19)21-16(5,6)7)9-17-14(10-20-8)12(3)4/h11-14,17H,9-10H2,1-8H3,(H,18,19). The Balaban J connectivity index is 4.46. The van der Waals surface area contributed by atoms with Crippen molar-refractivity contribution in [1.29, 1.82) is 0 Å². The second kappa shape index (κ2) is 9.26. The van der Waals surface area contributed by atoms with Gasteiger partial charge in [-0.3, -0.25) is 0 Å². The van der Waals surface area contributed by atoms with Crippen molar-refractivity contribution in [3.63, 3.8) is 0 Å². The summed E-state index contributed by atoms with van der Waals surface area (Å²) in [5, 5.41) is 6.42. The van der Waals surface area contributed by atoms with E-state index in [2.05, 4.69) is 38.3 Å². The van der Waals surface area contributed by atoms with Crippen LogP contribution in [0, 0.1) is 11.8 Å². The monoisotopic (exact) mass is 302 g/mol. The maximum atomic E-state index is 11.9. The fraction of sp³-hybridized carbons (Fsp3) is 0.938. The van der Waals surface area contributed by atoms with Gasteiger partial charge in [-0.15, -0.1) is 0 Å². The minimum absolute atomic E-state index is 0.0259. The lowest BCUT2D eigenvalue weighted by atomic mass is 10.0. The van der Waals surface area contributed by atoms with Gasteiger partial charge >= 0.3 is 6.09 Å². The van der Waals surface area contributed by atoms with Crippen molar-refractivity contribution in [1.82, 2.24) is 10.6 Å². The van der Waals surface area contributed by atoms with Crippen molar-refractivity contribution in [3.05, 3.63) is 0 Å². The van der Waals surface area contributed by atoms with Gasteiger partial charge in [0.25, 0.3) is 0 Å². The second-order valence-corrected chi connectivity index (χ2v) is 7.21. The van der Waals surface area contributed by atoms with Crippen LogP contribution in [0.4, 0.5) is 4.79 Å². The molecule has 0 aliphatic heterocycles. The highest BCUT2D eigenvalue weighted by molar-refractivity contribution is 5.68. The Morgan fingerprint density at radius 3 is 1.95 bits per heavy atom. The Bertz CT molecular complexity index is 298. The number of alkyl carbamates (subject to hydrolysis) is 1. The van der Waals surface area contributed by atoms with Crippen molar-refractivity contribution in [2.45, 2.75) is 66.2 Å². The number of amides is 1. The molecule has 0 aliphatic rings. The topological polar surface area (TPSA) is 59.6 Å². The lowest BCUT2D eigenvalue weighted by molar-refractivity contribution is 0.0486. The third kappa shape index (κ3) is 9.69. The molecule has 0 saturated carbocycles. The van der Waals surface area contributed by atoms with E-state index in [4.69, 9.17) is 9.47 Å². The van der Waals surface area contributed by atoms with Gasteiger partial charge in [-0.05, 0) is 32.6 Å². The summed E-state index contributed by atoms with van der Waals surface area (Å²) in [6, 6.07) is 0.301. The minimum atomic E-state index is -0.477. The molecule has 0 aliphatic carbocycles. The maximum absolute atomic E-state index is 11.9. The third-order valence-corrected chi connectivity index (χ3v) is 3.26. The van der Waals surface area contributed by atoms with Crippen molar-refractivity contribution < 1.29 is 14.3 Å². The van der Waals surface area contributed by atoms with E-state index in [1.807, 2.05) is 20.8 Å². The lowest BCUT2D eigenvalue weighted by Crippen LogP contribution is -2.50. The number of nitrogens with one attached hydrogen (secondary N) is 2. The first-order valence-electron chi connectivity index (χ1n) is 7.78. The van der Waals surface area contributed by atoms with E-state index in [0.717, 1.165) is 0 Å². The van der Waals surface area contributed by atoms with Gasteiger partial charge in [0.1, 0.15) is 5.60 Å². The van der Waals surface area contributed by atoms with Crippen molar-refractivity contribution >= 4 is 6.09 Å². The molecule has 0 fully saturated rings. The van der Waals surface area contributed by atoms with Crippen LogP contribution in [0.5, 0.6) is 0 Å². The van der Waals surface area contributed by atoms with E-state index in [-0.39, 0.29) is 18.2 Å². The first kappa shape index (κ1) is 20.2. The molecule has 0 rings (SSSR count). The van der Waals surface area contributed by atoms with E-state index in [9.17, 15) is 4.79 Å². The van der Waals surface area contributed by atoms with Crippen molar-refractivity contribution in [3.8, 4) is 0 Å². The smallest absolute Gasteiger partial charge is 0.407 e. The highest BCUT2D eigenvalue weighted by atomic mass is 16.6. The molecule has 21 heavy (non-hydrogen) atoms. The summed E-state index contributed by atoms with van der Waals surface area (Å²) in [7, 11) is 1.70. The molecular weight excluding hydrogens is 268 g/mol. The number of rotatable bonds is 8. The number of hydrogen-bond acceptors (Lipinski definition) is 4. The molecule has 2 unspecified atom stereocenters. The normalized spacial score (nSPS) is 15.1. The van der Waals surface area contributed by atoms with Gasteiger partial charge in [-0.25, -0.2) is 4.79 Å². The predicted molar refractivity (Wildman–Crippen MR) is 86.5 cm³/mol. The summed E-state index contributed by atoms with van der Waals surface area (Å²) < 4.78 is 10.5. The number of hydrogen-bond donors (Lipinski definition) is 2. The van der Waals surface area contributed by atoms with E-state index in [0.29, 0.717) is 25.0 Å². The van der Waals surface area contributed by atoms with Gasteiger partial charge in [0.05, 0.1) is 6.61 Å². The molecule has 5 nitrogen and oxygen atoms in total. The zero-order valence-electron chi connectivity index (χ0n) is 14.9. The molecule has 0 aromatic rings. The second-order valence-electron chi connectivity index (χ2n) is 7.21. The van der Waals surface area contributed by atoms with Crippen molar-refractivity contribution in [2.75, 3.05) is 20.3 Å². The molecule has 0 aromatic heterocycles. The molecular formula is C16H34N2O3. The van der Waals surface area contributed by atoms with Crippen LogP contribution < -0.4 is 10.6 Å². The Morgan fingerprint density at radius 1 is 1.05 bits per heavy atom. The average Bonchev–Trinajstić information content (AvgIpc) is 2.29. The Labute approximate surface area is 130 Å². The van der Waals surface area contributed by atoms with Crippen LogP contribution in [0.1, 0.15) is 48.5 Å². The fourth-order valence-electron chi connectivity index (χ4n) is 1.86. The summed E-state index contributed by atoms with van der Waals surface area (Å²) in [4.78, 5) is 11.9. The molecule has 2 atom stereocenters.